The van der Waals surface area contributed by atoms with Crippen molar-refractivity contribution in [2.45, 2.75) is 6.04 Å². The Morgan fingerprint density at radius 1 is 1.43 bits per heavy atom. The summed E-state index contributed by atoms with van der Waals surface area (Å²) in [4.78, 5) is 26.4. The fraction of sp³-hybridized carbons (Fsp3) is 0.214. The lowest BCUT2D eigenvalue weighted by molar-refractivity contribution is -0.128. The van der Waals surface area contributed by atoms with Gasteiger partial charge < -0.3 is 10.2 Å². The molecule has 0 bridgehead atoms. The molecule has 0 radical (unpaired) electrons. The van der Waals surface area contributed by atoms with E-state index in [4.69, 9.17) is 0 Å². The zero-order chi connectivity index (χ0) is 14.8. The maximum Gasteiger partial charge on any atom is 0.258 e. The van der Waals surface area contributed by atoms with E-state index >= 15 is 0 Å². The number of amides is 2. The van der Waals surface area contributed by atoms with Crippen molar-refractivity contribution in [2.75, 3.05) is 13.1 Å². The second kappa shape index (κ2) is 5.69. The number of aromatic amines is 1. The minimum atomic E-state index is -0.626. The first kappa shape index (κ1) is 13.8. The molecule has 1 aliphatic heterocycles. The molecule has 2 N–H and O–H groups in total. The average Bonchev–Trinajstić information content (AvgIpc) is 3.00. The summed E-state index contributed by atoms with van der Waals surface area (Å²) in [6, 6.07) is 6.80. The maximum absolute atomic E-state index is 12.5. The van der Waals surface area contributed by atoms with Crippen LogP contribution in [0.1, 0.15) is 22.0 Å². The van der Waals surface area contributed by atoms with Gasteiger partial charge in [-0.15, -0.1) is 0 Å². The van der Waals surface area contributed by atoms with Crippen LogP contribution in [0.4, 0.5) is 0 Å². The lowest BCUT2D eigenvalue weighted by Crippen LogP contribution is -2.52. The number of piperazine rings is 1. The van der Waals surface area contributed by atoms with Crippen LogP contribution in [0.2, 0.25) is 0 Å². The van der Waals surface area contributed by atoms with Crippen molar-refractivity contribution in [1.82, 2.24) is 20.4 Å². The van der Waals surface area contributed by atoms with Crippen molar-refractivity contribution in [2.24, 2.45) is 0 Å². The summed E-state index contributed by atoms with van der Waals surface area (Å²) in [5.74, 6) is -0.375. The predicted octanol–water partition coefficient (Wildman–Crippen LogP) is 1.49. The van der Waals surface area contributed by atoms with E-state index in [-0.39, 0.29) is 11.8 Å². The van der Waals surface area contributed by atoms with Crippen LogP contribution in [0.15, 0.2) is 41.1 Å². The Balaban J connectivity index is 1.97. The zero-order valence-corrected chi connectivity index (χ0v) is 12.6. The first-order valence-corrected chi connectivity index (χ1v) is 7.29. The van der Waals surface area contributed by atoms with Gasteiger partial charge in [0.05, 0.1) is 11.8 Å². The van der Waals surface area contributed by atoms with Gasteiger partial charge in [-0.25, -0.2) is 0 Å². The van der Waals surface area contributed by atoms with Gasteiger partial charge in [0.15, 0.2) is 0 Å². The highest BCUT2D eigenvalue weighted by molar-refractivity contribution is 9.10. The fourth-order valence-corrected chi connectivity index (χ4v) is 2.84. The van der Waals surface area contributed by atoms with Crippen molar-refractivity contribution in [3.63, 3.8) is 0 Å². The number of H-pyrrole nitrogens is 1. The van der Waals surface area contributed by atoms with E-state index in [1.807, 2.05) is 24.3 Å². The third kappa shape index (κ3) is 2.69. The van der Waals surface area contributed by atoms with Crippen molar-refractivity contribution >= 4 is 27.7 Å². The zero-order valence-electron chi connectivity index (χ0n) is 11.0. The summed E-state index contributed by atoms with van der Waals surface area (Å²) in [6.07, 6.45) is 3.00. The Morgan fingerprint density at radius 3 is 3.00 bits per heavy atom. The van der Waals surface area contributed by atoms with Gasteiger partial charge in [0.1, 0.15) is 6.04 Å². The van der Waals surface area contributed by atoms with E-state index in [2.05, 4.69) is 31.4 Å². The topological polar surface area (TPSA) is 78.1 Å². The second-order valence-corrected chi connectivity index (χ2v) is 5.65. The second-order valence-electron chi connectivity index (χ2n) is 4.73. The summed E-state index contributed by atoms with van der Waals surface area (Å²) in [7, 11) is 0. The highest BCUT2D eigenvalue weighted by Gasteiger charge is 2.35. The summed E-state index contributed by atoms with van der Waals surface area (Å²) >= 11 is 3.39. The minimum absolute atomic E-state index is 0.170. The van der Waals surface area contributed by atoms with Crippen LogP contribution in [0.3, 0.4) is 0 Å². The Bertz CT molecular complexity index is 671. The third-order valence-corrected chi connectivity index (χ3v) is 3.88. The lowest BCUT2D eigenvalue weighted by Gasteiger charge is -2.35. The van der Waals surface area contributed by atoms with E-state index in [1.165, 1.54) is 12.4 Å². The quantitative estimate of drug-likeness (QED) is 0.862. The first-order chi connectivity index (χ1) is 10.2. The highest BCUT2D eigenvalue weighted by atomic mass is 79.9. The molecule has 3 rings (SSSR count). The SMILES string of the molecule is O=C1NCCN(C(=O)c2cn[nH]c2)[C@H]1c1cccc(Br)c1. The monoisotopic (exact) mass is 348 g/mol. The van der Waals surface area contributed by atoms with E-state index in [9.17, 15) is 9.59 Å². The van der Waals surface area contributed by atoms with Crippen LogP contribution >= 0.6 is 15.9 Å². The predicted molar refractivity (Wildman–Crippen MR) is 79.5 cm³/mol. The summed E-state index contributed by atoms with van der Waals surface area (Å²) in [6.45, 7) is 0.917. The van der Waals surface area contributed by atoms with Crippen LogP contribution in [-0.2, 0) is 4.79 Å². The molecule has 0 unspecified atom stereocenters. The molecule has 0 saturated carbocycles. The molecule has 2 amide bonds. The number of carbonyl (C=O) groups is 2. The van der Waals surface area contributed by atoms with Gasteiger partial charge in [-0.05, 0) is 17.7 Å². The van der Waals surface area contributed by atoms with Crippen LogP contribution < -0.4 is 5.32 Å². The number of nitrogens with one attached hydrogen (secondary N) is 2. The molecule has 7 heteroatoms. The molecular weight excluding hydrogens is 336 g/mol. The number of aromatic nitrogens is 2. The number of hydrogen-bond acceptors (Lipinski definition) is 3. The number of carbonyl (C=O) groups excluding carboxylic acids is 2. The Morgan fingerprint density at radius 2 is 2.29 bits per heavy atom. The molecule has 2 aromatic rings. The maximum atomic E-state index is 12.5. The van der Waals surface area contributed by atoms with Crippen LogP contribution in [-0.4, -0.2) is 40.0 Å². The molecule has 6 nitrogen and oxygen atoms in total. The summed E-state index contributed by atoms with van der Waals surface area (Å²) < 4.78 is 0.870. The van der Waals surface area contributed by atoms with Gasteiger partial charge in [-0.1, -0.05) is 28.1 Å². The van der Waals surface area contributed by atoms with Gasteiger partial charge in [-0.2, -0.15) is 5.10 Å². The van der Waals surface area contributed by atoms with Gasteiger partial charge in [0.25, 0.3) is 5.91 Å². The standard InChI is InChI=1S/C14H13BrN4O2/c15-11-3-1-2-9(6-11)12-13(20)16-4-5-19(12)14(21)10-7-17-18-8-10/h1-3,6-8,12H,4-5H2,(H,16,20)(H,17,18)/t12-/m0/s1. The third-order valence-electron chi connectivity index (χ3n) is 3.38. The van der Waals surface area contributed by atoms with Crippen molar-refractivity contribution in [1.29, 1.82) is 0 Å². The average molecular weight is 349 g/mol. The van der Waals surface area contributed by atoms with Gasteiger partial charge in [-0.3, -0.25) is 14.7 Å². The highest BCUT2D eigenvalue weighted by Crippen LogP contribution is 2.27. The molecular formula is C14H13BrN4O2. The molecule has 21 heavy (non-hydrogen) atoms. The molecule has 108 valence electrons. The number of hydrogen-bond donors (Lipinski definition) is 2. The molecule has 1 aromatic heterocycles. The minimum Gasteiger partial charge on any atom is -0.352 e. The molecule has 0 spiro atoms. The summed E-state index contributed by atoms with van der Waals surface area (Å²) in [5, 5.41) is 9.22. The normalized spacial score (nSPS) is 18.4. The Labute approximate surface area is 129 Å². The van der Waals surface area contributed by atoms with E-state index in [0.717, 1.165) is 10.0 Å². The molecule has 1 atom stereocenters. The van der Waals surface area contributed by atoms with Crippen LogP contribution in [0.25, 0.3) is 0 Å². The molecule has 1 fully saturated rings. The molecule has 2 heterocycles. The molecule has 1 saturated heterocycles. The van der Waals surface area contributed by atoms with Crippen molar-refractivity contribution in [3.8, 4) is 0 Å². The van der Waals surface area contributed by atoms with Gasteiger partial charge in [0.2, 0.25) is 5.91 Å². The molecule has 1 aliphatic rings. The number of rotatable bonds is 2. The Hall–Kier alpha value is -2.15. The summed E-state index contributed by atoms with van der Waals surface area (Å²) in [5.41, 5.74) is 1.23. The van der Waals surface area contributed by atoms with Crippen molar-refractivity contribution < 1.29 is 9.59 Å². The van der Waals surface area contributed by atoms with Crippen LogP contribution in [0.5, 0.6) is 0 Å². The van der Waals surface area contributed by atoms with Gasteiger partial charge in [0, 0.05) is 23.8 Å². The van der Waals surface area contributed by atoms with Crippen molar-refractivity contribution in [3.05, 3.63) is 52.3 Å². The first-order valence-electron chi connectivity index (χ1n) is 6.50. The lowest BCUT2D eigenvalue weighted by atomic mass is 10.0. The van der Waals surface area contributed by atoms with Gasteiger partial charge >= 0.3 is 0 Å². The van der Waals surface area contributed by atoms with Crippen LogP contribution in [0, 0.1) is 0 Å². The number of benzene rings is 1. The fourth-order valence-electron chi connectivity index (χ4n) is 2.43. The smallest absolute Gasteiger partial charge is 0.258 e. The largest absolute Gasteiger partial charge is 0.352 e. The van der Waals surface area contributed by atoms with E-state index in [0.29, 0.717) is 18.7 Å². The van der Waals surface area contributed by atoms with E-state index in [1.54, 1.807) is 4.90 Å². The number of nitrogens with zero attached hydrogens (tertiary/aromatic N) is 2. The molecule has 0 aliphatic carbocycles. The Kier molecular flexibility index (Phi) is 3.74. The van der Waals surface area contributed by atoms with E-state index < -0.39 is 6.04 Å². The number of halogens is 1. The molecule has 1 aromatic carbocycles.